The molecule has 19 heavy (non-hydrogen) atoms. The van der Waals surface area contributed by atoms with Gasteiger partial charge in [-0.3, -0.25) is 5.41 Å². The number of rotatable bonds is 5. The summed E-state index contributed by atoms with van der Waals surface area (Å²) in [5, 5.41) is 7.38. The van der Waals surface area contributed by atoms with Crippen LogP contribution in [-0.4, -0.2) is 22.3 Å². The number of nitrogens with zero attached hydrogens (tertiary/aromatic N) is 3. The van der Waals surface area contributed by atoms with Gasteiger partial charge in [0, 0.05) is 24.8 Å². The van der Waals surface area contributed by atoms with E-state index in [2.05, 4.69) is 32.6 Å². The summed E-state index contributed by atoms with van der Waals surface area (Å²) in [5.74, 6) is 1.01. The van der Waals surface area contributed by atoms with E-state index in [0.717, 1.165) is 15.1 Å². The Morgan fingerprint density at radius 3 is 2.68 bits per heavy atom. The van der Waals surface area contributed by atoms with E-state index < -0.39 is 0 Å². The van der Waals surface area contributed by atoms with Crippen molar-refractivity contribution in [1.82, 2.24) is 9.97 Å². The number of amidine groups is 1. The molecule has 0 fully saturated rings. The van der Waals surface area contributed by atoms with E-state index in [1.54, 1.807) is 6.20 Å². The summed E-state index contributed by atoms with van der Waals surface area (Å²) in [6.45, 7) is 0.617. The van der Waals surface area contributed by atoms with Crippen molar-refractivity contribution < 1.29 is 0 Å². The lowest BCUT2D eigenvalue weighted by Gasteiger charge is -2.24. The van der Waals surface area contributed by atoms with Gasteiger partial charge in [-0.15, -0.1) is 0 Å². The summed E-state index contributed by atoms with van der Waals surface area (Å²) in [4.78, 5) is 10.4. The molecule has 0 bridgehead atoms. The summed E-state index contributed by atoms with van der Waals surface area (Å²) >= 11 is 2.21. The van der Waals surface area contributed by atoms with Crippen molar-refractivity contribution in [2.75, 3.05) is 11.4 Å². The number of halogens is 1. The maximum atomic E-state index is 7.38. The summed E-state index contributed by atoms with van der Waals surface area (Å²) in [6.07, 6.45) is 3.79. The van der Waals surface area contributed by atoms with E-state index in [9.17, 15) is 0 Å². The molecule has 0 saturated heterocycles. The molecule has 0 unspecified atom stereocenters. The van der Waals surface area contributed by atoms with Crippen LogP contribution in [0.15, 0.2) is 42.9 Å². The van der Waals surface area contributed by atoms with Gasteiger partial charge < -0.3 is 10.6 Å². The molecule has 5 nitrogen and oxygen atoms in total. The zero-order valence-corrected chi connectivity index (χ0v) is 12.4. The Morgan fingerprint density at radius 1 is 1.32 bits per heavy atom. The van der Waals surface area contributed by atoms with Crippen LogP contribution in [0.4, 0.5) is 11.5 Å². The molecular weight excluding hydrogens is 353 g/mol. The van der Waals surface area contributed by atoms with Gasteiger partial charge in [0.25, 0.3) is 0 Å². The van der Waals surface area contributed by atoms with Gasteiger partial charge in [0.1, 0.15) is 12.1 Å². The number of para-hydroxylation sites is 1. The minimum atomic E-state index is 0.171. The van der Waals surface area contributed by atoms with E-state index in [4.69, 9.17) is 11.1 Å². The van der Waals surface area contributed by atoms with Gasteiger partial charge in [-0.25, -0.2) is 9.97 Å². The molecule has 98 valence electrons. The first-order valence-corrected chi connectivity index (χ1v) is 6.87. The van der Waals surface area contributed by atoms with E-state index in [0.29, 0.717) is 13.0 Å². The van der Waals surface area contributed by atoms with Crippen molar-refractivity contribution in [3.8, 4) is 0 Å². The summed E-state index contributed by atoms with van der Waals surface area (Å²) in [6, 6.07) is 9.95. The standard InChI is InChI=1S/C13H14IN5/c14-11-8-17-9-18-13(11)19(7-6-12(15)16)10-4-2-1-3-5-10/h1-5,8-9H,6-7H2,(H3,15,16). The fourth-order valence-corrected chi connectivity index (χ4v) is 2.29. The third kappa shape index (κ3) is 3.63. The molecule has 0 radical (unpaired) electrons. The fourth-order valence-electron chi connectivity index (χ4n) is 1.70. The summed E-state index contributed by atoms with van der Waals surface area (Å²) < 4.78 is 0.965. The molecule has 1 heterocycles. The summed E-state index contributed by atoms with van der Waals surface area (Å²) in [5.41, 5.74) is 6.49. The Hall–Kier alpha value is -1.70. The van der Waals surface area contributed by atoms with Crippen LogP contribution in [0.25, 0.3) is 0 Å². The van der Waals surface area contributed by atoms with Gasteiger partial charge in [-0.1, -0.05) is 18.2 Å². The van der Waals surface area contributed by atoms with E-state index in [1.165, 1.54) is 6.33 Å². The Morgan fingerprint density at radius 2 is 2.05 bits per heavy atom. The predicted molar refractivity (Wildman–Crippen MR) is 84.7 cm³/mol. The van der Waals surface area contributed by atoms with Crippen LogP contribution in [0.1, 0.15) is 6.42 Å². The topological polar surface area (TPSA) is 78.9 Å². The molecule has 3 N–H and O–H groups in total. The monoisotopic (exact) mass is 367 g/mol. The molecule has 2 aromatic rings. The number of anilines is 2. The van der Waals surface area contributed by atoms with Gasteiger partial charge in [-0.05, 0) is 34.7 Å². The highest BCUT2D eigenvalue weighted by Crippen LogP contribution is 2.26. The summed E-state index contributed by atoms with van der Waals surface area (Å²) in [7, 11) is 0. The maximum absolute atomic E-state index is 7.38. The Labute approximate surface area is 125 Å². The minimum Gasteiger partial charge on any atom is -0.388 e. The molecule has 0 spiro atoms. The molecule has 1 aromatic carbocycles. The van der Waals surface area contributed by atoms with Crippen LogP contribution in [-0.2, 0) is 0 Å². The SMILES string of the molecule is N=C(N)CCN(c1ccccc1)c1ncncc1I. The van der Waals surface area contributed by atoms with E-state index in [1.807, 2.05) is 35.2 Å². The molecule has 0 aliphatic rings. The van der Waals surface area contributed by atoms with E-state index in [-0.39, 0.29) is 5.84 Å². The molecule has 0 aliphatic heterocycles. The normalized spacial score (nSPS) is 10.2. The second-order valence-electron chi connectivity index (χ2n) is 3.96. The van der Waals surface area contributed by atoms with Gasteiger partial charge in [-0.2, -0.15) is 0 Å². The van der Waals surface area contributed by atoms with Crippen molar-refractivity contribution >= 4 is 39.9 Å². The van der Waals surface area contributed by atoms with Crippen molar-refractivity contribution in [3.05, 3.63) is 46.4 Å². The first kappa shape index (κ1) is 13.7. The quantitative estimate of drug-likeness (QED) is 0.484. The Kier molecular flexibility index (Phi) is 4.67. The molecule has 0 saturated carbocycles. The number of aromatic nitrogens is 2. The molecule has 0 aliphatic carbocycles. The lowest BCUT2D eigenvalue weighted by molar-refractivity contribution is 0.920. The smallest absolute Gasteiger partial charge is 0.149 e. The third-order valence-electron chi connectivity index (χ3n) is 2.58. The third-order valence-corrected chi connectivity index (χ3v) is 3.34. The molecule has 2 rings (SSSR count). The van der Waals surface area contributed by atoms with Gasteiger partial charge in [0.15, 0.2) is 0 Å². The van der Waals surface area contributed by atoms with E-state index >= 15 is 0 Å². The maximum Gasteiger partial charge on any atom is 0.149 e. The number of hydrogen-bond donors (Lipinski definition) is 2. The Bertz CT molecular complexity index is 558. The van der Waals surface area contributed by atoms with Gasteiger partial charge >= 0.3 is 0 Å². The van der Waals surface area contributed by atoms with Gasteiger partial charge in [0.05, 0.1) is 9.41 Å². The second-order valence-corrected chi connectivity index (χ2v) is 5.12. The van der Waals surface area contributed by atoms with Crippen molar-refractivity contribution in [2.24, 2.45) is 5.73 Å². The molecule has 6 heteroatoms. The predicted octanol–water partition coefficient (Wildman–Crippen LogP) is 2.55. The minimum absolute atomic E-state index is 0.171. The lowest BCUT2D eigenvalue weighted by Crippen LogP contribution is -2.25. The fraction of sp³-hybridized carbons (Fsp3) is 0.154. The van der Waals surface area contributed by atoms with Crippen LogP contribution in [0.3, 0.4) is 0 Å². The van der Waals surface area contributed by atoms with Crippen LogP contribution in [0.5, 0.6) is 0 Å². The van der Waals surface area contributed by atoms with Crippen LogP contribution >= 0.6 is 22.6 Å². The second kappa shape index (κ2) is 6.46. The van der Waals surface area contributed by atoms with Crippen LogP contribution in [0, 0.1) is 8.98 Å². The molecule has 1 aromatic heterocycles. The largest absolute Gasteiger partial charge is 0.388 e. The number of benzene rings is 1. The van der Waals surface area contributed by atoms with Crippen molar-refractivity contribution in [3.63, 3.8) is 0 Å². The van der Waals surface area contributed by atoms with Crippen LogP contribution < -0.4 is 10.6 Å². The average Bonchev–Trinajstić information content (AvgIpc) is 2.42. The van der Waals surface area contributed by atoms with Crippen LogP contribution in [0.2, 0.25) is 0 Å². The highest BCUT2D eigenvalue weighted by Gasteiger charge is 2.13. The lowest BCUT2D eigenvalue weighted by atomic mass is 10.2. The van der Waals surface area contributed by atoms with Crippen molar-refractivity contribution in [2.45, 2.75) is 6.42 Å². The average molecular weight is 367 g/mol. The zero-order valence-electron chi connectivity index (χ0n) is 10.3. The first-order valence-electron chi connectivity index (χ1n) is 5.79. The molecule has 0 atom stereocenters. The van der Waals surface area contributed by atoms with Gasteiger partial charge in [0.2, 0.25) is 0 Å². The Balaban J connectivity index is 2.35. The number of hydrogen-bond acceptors (Lipinski definition) is 4. The molecule has 0 amide bonds. The number of nitrogens with one attached hydrogen (secondary N) is 1. The first-order chi connectivity index (χ1) is 9.18. The number of nitrogens with two attached hydrogens (primary N) is 1. The molecular formula is C13H14IN5. The highest BCUT2D eigenvalue weighted by molar-refractivity contribution is 14.1. The zero-order chi connectivity index (χ0) is 13.7. The van der Waals surface area contributed by atoms with Crippen molar-refractivity contribution in [1.29, 1.82) is 5.41 Å². The highest BCUT2D eigenvalue weighted by atomic mass is 127.